The first-order valence-electron chi connectivity index (χ1n) is 7.46. The SMILES string of the molecule is COCc1[nH]c2ccccc2[n+]1CCOc1ccc(C)cc1. The fraction of sp³-hybridized carbons (Fsp3) is 0.278. The minimum absolute atomic E-state index is 0.555. The summed E-state index contributed by atoms with van der Waals surface area (Å²) in [6.45, 7) is 4.02. The second kappa shape index (κ2) is 6.62. The third-order valence-electron chi connectivity index (χ3n) is 3.69. The predicted octanol–water partition coefficient (Wildman–Crippen LogP) is 2.99. The number of methoxy groups -OCH3 is 1. The number of aromatic amines is 1. The second-order valence-electron chi connectivity index (χ2n) is 5.34. The Morgan fingerprint density at radius 2 is 1.82 bits per heavy atom. The number of fused-ring (bicyclic) bond motifs is 1. The lowest BCUT2D eigenvalue weighted by molar-refractivity contribution is -0.681. The van der Waals surface area contributed by atoms with Crippen molar-refractivity contribution in [2.24, 2.45) is 0 Å². The Morgan fingerprint density at radius 1 is 1.05 bits per heavy atom. The molecule has 3 aromatic rings. The highest BCUT2D eigenvalue weighted by Crippen LogP contribution is 2.12. The van der Waals surface area contributed by atoms with E-state index < -0.39 is 0 Å². The van der Waals surface area contributed by atoms with Crippen LogP contribution in [0.4, 0.5) is 0 Å². The summed E-state index contributed by atoms with van der Waals surface area (Å²) in [7, 11) is 1.71. The molecule has 22 heavy (non-hydrogen) atoms. The number of H-pyrrole nitrogens is 1. The van der Waals surface area contributed by atoms with Gasteiger partial charge in [-0.25, -0.2) is 9.55 Å². The van der Waals surface area contributed by atoms with Gasteiger partial charge in [0.2, 0.25) is 0 Å². The van der Waals surface area contributed by atoms with Gasteiger partial charge >= 0.3 is 0 Å². The summed E-state index contributed by atoms with van der Waals surface area (Å²) in [4.78, 5) is 3.40. The first-order valence-corrected chi connectivity index (χ1v) is 7.46. The Morgan fingerprint density at radius 3 is 2.59 bits per heavy atom. The third kappa shape index (κ3) is 3.12. The van der Waals surface area contributed by atoms with E-state index in [1.807, 2.05) is 24.3 Å². The number of ether oxygens (including phenoxy) is 2. The second-order valence-corrected chi connectivity index (χ2v) is 5.34. The van der Waals surface area contributed by atoms with Gasteiger partial charge in [-0.2, -0.15) is 0 Å². The maximum Gasteiger partial charge on any atom is 0.281 e. The summed E-state index contributed by atoms with van der Waals surface area (Å²) in [6, 6.07) is 16.4. The van der Waals surface area contributed by atoms with E-state index in [9.17, 15) is 0 Å². The fourth-order valence-electron chi connectivity index (χ4n) is 2.58. The first-order chi connectivity index (χ1) is 10.8. The number of benzene rings is 2. The van der Waals surface area contributed by atoms with Gasteiger partial charge in [-0.15, -0.1) is 0 Å². The van der Waals surface area contributed by atoms with Gasteiger partial charge < -0.3 is 9.47 Å². The largest absolute Gasteiger partial charge is 0.489 e. The predicted molar refractivity (Wildman–Crippen MR) is 85.9 cm³/mol. The molecular weight excluding hydrogens is 276 g/mol. The molecule has 0 radical (unpaired) electrons. The minimum atomic E-state index is 0.555. The van der Waals surface area contributed by atoms with E-state index in [0.717, 1.165) is 23.6 Å². The number of nitrogens with one attached hydrogen (secondary N) is 1. The molecule has 1 heterocycles. The Bertz CT molecular complexity index is 747. The molecule has 0 saturated carbocycles. The summed E-state index contributed by atoms with van der Waals surface area (Å²) in [5.74, 6) is 1.95. The van der Waals surface area contributed by atoms with E-state index >= 15 is 0 Å². The summed E-state index contributed by atoms with van der Waals surface area (Å²) in [5, 5.41) is 0. The Hall–Kier alpha value is -2.33. The number of hydrogen-bond acceptors (Lipinski definition) is 2. The van der Waals surface area contributed by atoms with Crippen molar-refractivity contribution in [3.05, 3.63) is 59.9 Å². The maximum atomic E-state index is 5.84. The summed E-state index contributed by atoms with van der Waals surface area (Å²) in [5.41, 5.74) is 3.52. The zero-order valence-electron chi connectivity index (χ0n) is 13.0. The molecule has 0 amide bonds. The van der Waals surface area contributed by atoms with Gasteiger partial charge in [-0.1, -0.05) is 29.8 Å². The lowest BCUT2D eigenvalue weighted by Gasteiger charge is -2.06. The molecule has 4 heteroatoms. The van der Waals surface area contributed by atoms with E-state index in [1.54, 1.807) is 7.11 Å². The molecule has 0 atom stereocenters. The van der Waals surface area contributed by atoms with Crippen molar-refractivity contribution in [2.45, 2.75) is 20.1 Å². The number of imidazole rings is 1. The molecule has 4 nitrogen and oxygen atoms in total. The van der Waals surface area contributed by atoms with Gasteiger partial charge in [0, 0.05) is 7.11 Å². The normalized spacial score (nSPS) is 11.0. The molecule has 0 unspecified atom stereocenters. The molecule has 0 aliphatic carbocycles. The highest BCUT2D eigenvalue weighted by atomic mass is 16.5. The molecule has 1 N–H and O–H groups in total. The van der Waals surface area contributed by atoms with Crippen molar-refractivity contribution in [1.82, 2.24) is 4.98 Å². The molecule has 0 spiro atoms. The van der Waals surface area contributed by atoms with Crippen molar-refractivity contribution in [3.63, 3.8) is 0 Å². The number of para-hydroxylation sites is 2. The lowest BCUT2D eigenvalue weighted by Crippen LogP contribution is -2.40. The molecule has 0 fully saturated rings. The Kier molecular flexibility index (Phi) is 4.39. The van der Waals surface area contributed by atoms with Crippen molar-refractivity contribution < 1.29 is 14.0 Å². The van der Waals surface area contributed by atoms with Gasteiger partial charge in [-0.05, 0) is 31.2 Å². The van der Waals surface area contributed by atoms with Crippen LogP contribution in [0.2, 0.25) is 0 Å². The zero-order chi connectivity index (χ0) is 15.4. The molecule has 0 bridgehead atoms. The third-order valence-corrected chi connectivity index (χ3v) is 3.69. The molecular formula is C18H21N2O2+. The fourth-order valence-corrected chi connectivity index (χ4v) is 2.58. The van der Waals surface area contributed by atoms with Crippen LogP contribution in [0.15, 0.2) is 48.5 Å². The highest BCUT2D eigenvalue weighted by Gasteiger charge is 2.17. The smallest absolute Gasteiger partial charge is 0.281 e. The molecule has 2 aromatic carbocycles. The van der Waals surface area contributed by atoms with E-state index in [1.165, 1.54) is 11.1 Å². The molecule has 0 saturated heterocycles. The molecule has 3 rings (SSSR count). The number of aromatic nitrogens is 2. The number of nitrogens with zero attached hydrogens (tertiary/aromatic N) is 1. The van der Waals surface area contributed by atoms with Crippen molar-refractivity contribution in [3.8, 4) is 5.75 Å². The van der Waals surface area contributed by atoms with Crippen LogP contribution in [0.5, 0.6) is 5.75 Å². The van der Waals surface area contributed by atoms with Crippen LogP contribution in [0.25, 0.3) is 11.0 Å². The monoisotopic (exact) mass is 297 g/mol. The molecule has 114 valence electrons. The van der Waals surface area contributed by atoms with Crippen LogP contribution in [0.3, 0.4) is 0 Å². The lowest BCUT2D eigenvalue weighted by atomic mass is 10.2. The number of rotatable bonds is 6. The van der Waals surface area contributed by atoms with Crippen LogP contribution >= 0.6 is 0 Å². The van der Waals surface area contributed by atoms with Gasteiger partial charge in [0.15, 0.2) is 11.0 Å². The van der Waals surface area contributed by atoms with Crippen LogP contribution in [-0.4, -0.2) is 18.7 Å². The van der Waals surface area contributed by atoms with E-state index in [-0.39, 0.29) is 0 Å². The van der Waals surface area contributed by atoms with Crippen molar-refractivity contribution in [1.29, 1.82) is 0 Å². The van der Waals surface area contributed by atoms with Crippen molar-refractivity contribution >= 4 is 11.0 Å². The van der Waals surface area contributed by atoms with Gasteiger partial charge in [0.25, 0.3) is 5.82 Å². The molecule has 0 aliphatic heterocycles. The molecule has 1 aromatic heterocycles. The number of hydrogen-bond donors (Lipinski definition) is 1. The van der Waals surface area contributed by atoms with E-state index in [0.29, 0.717) is 13.2 Å². The summed E-state index contributed by atoms with van der Waals surface area (Å²) < 4.78 is 13.3. The minimum Gasteiger partial charge on any atom is -0.489 e. The summed E-state index contributed by atoms with van der Waals surface area (Å²) in [6.07, 6.45) is 0. The van der Waals surface area contributed by atoms with Crippen LogP contribution in [-0.2, 0) is 17.9 Å². The van der Waals surface area contributed by atoms with Gasteiger partial charge in [0.1, 0.15) is 25.5 Å². The zero-order valence-corrected chi connectivity index (χ0v) is 13.0. The van der Waals surface area contributed by atoms with E-state index in [2.05, 4.69) is 40.7 Å². The van der Waals surface area contributed by atoms with E-state index in [4.69, 9.17) is 9.47 Å². The summed E-state index contributed by atoms with van der Waals surface area (Å²) >= 11 is 0. The van der Waals surface area contributed by atoms with Gasteiger partial charge in [0.05, 0.1) is 0 Å². The Labute approximate surface area is 130 Å². The van der Waals surface area contributed by atoms with Crippen LogP contribution in [0.1, 0.15) is 11.4 Å². The topological polar surface area (TPSA) is 38.1 Å². The number of aryl methyl sites for hydroxylation is 1. The average molecular weight is 297 g/mol. The highest BCUT2D eigenvalue weighted by molar-refractivity contribution is 5.70. The first kappa shape index (κ1) is 14.6. The maximum absolute atomic E-state index is 5.84. The van der Waals surface area contributed by atoms with Crippen molar-refractivity contribution in [2.75, 3.05) is 13.7 Å². The Balaban J connectivity index is 1.74. The average Bonchev–Trinajstić information content (AvgIpc) is 2.88. The van der Waals surface area contributed by atoms with Gasteiger partial charge in [-0.3, -0.25) is 0 Å². The quantitative estimate of drug-likeness (QED) is 0.710. The molecule has 0 aliphatic rings. The standard InChI is InChI=1S/C18H20N2O2/c1-14-7-9-15(10-8-14)22-12-11-20-17-6-4-3-5-16(17)19-18(20)13-21-2/h3-10H,11-13H2,1-2H3/p+1. The van der Waals surface area contributed by atoms with Crippen LogP contribution in [0, 0.1) is 6.92 Å². The van der Waals surface area contributed by atoms with Crippen LogP contribution < -0.4 is 9.30 Å².